The van der Waals surface area contributed by atoms with Crippen LogP contribution in [0.4, 0.5) is 4.39 Å². The van der Waals surface area contributed by atoms with Gasteiger partial charge in [0.15, 0.2) is 11.4 Å². The highest BCUT2D eigenvalue weighted by Crippen LogP contribution is 2.53. The van der Waals surface area contributed by atoms with E-state index in [-0.39, 0.29) is 29.0 Å². The average molecular weight is 417 g/mol. The van der Waals surface area contributed by atoms with Gasteiger partial charge in [-0.2, -0.15) is 0 Å². The molecule has 3 aliphatic rings. The average Bonchev–Trinajstić information content (AvgIpc) is 2.91. The van der Waals surface area contributed by atoms with Gasteiger partial charge in [-0.3, -0.25) is 4.79 Å². The molecule has 3 N–H and O–H groups in total. The Morgan fingerprint density at radius 2 is 2.03 bits per heavy atom. The summed E-state index contributed by atoms with van der Waals surface area (Å²) in [5.74, 6) is 5.33. The van der Waals surface area contributed by atoms with Crippen molar-refractivity contribution in [2.75, 3.05) is 0 Å². The summed E-state index contributed by atoms with van der Waals surface area (Å²) in [5.41, 5.74) is 6.54. The third-order valence-corrected chi connectivity index (χ3v) is 6.12. The summed E-state index contributed by atoms with van der Waals surface area (Å²) in [6.07, 6.45) is 4.73. The number of carbonyl (C=O) groups is 1. The minimum atomic E-state index is -1.64. The highest BCUT2D eigenvalue weighted by molar-refractivity contribution is 5.93. The monoisotopic (exact) mass is 417 g/mol. The summed E-state index contributed by atoms with van der Waals surface area (Å²) < 4.78 is 17.0. The van der Waals surface area contributed by atoms with E-state index in [2.05, 4.69) is 26.8 Å². The van der Waals surface area contributed by atoms with Crippen LogP contribution in [0, 0.1) is 24.6 Å². The molecule has 1 atom stereocenters. The number of primary amides is 1. The number of rotatable bonds is 2. The number of imidazole rings is 1. The molecule has 31 heavy (non-hydrogen) atoms. The van der Waals surface area contributed by atoms with Crippen molar-refractivity contribution in [2.24, 2.45) is 5.73 Å². The number of carbonyl (C=O) groups excluding carboxylic acids is 1. The Morgan fingerprint density at radius 3 is 2.71 bits per heavy atom. The van der Waals surface area contributed by atoms with Gasteiger partial charge in [0.25, 0.3) is 5.91 Å². The molecule has 4 heterocycles. The number of nitrogens with two attached hydrogens (primary N) is 1. The predicted molar refractivity (Wildman–Crippen MR) is 110 cm³/mol. The van der Waals surface area contributed by atoms with Crippen molar-refractivity contribution in [3.63, 3.8) is 0 Å². The van der Waals surface area contributed by atoms with Crippen LogP contribution in [-0.4, -0.2) is 30.5 Å². The quantitative estimate of drug-likeness (QED) is 0.624. The highest BCUT2D eigenvalue weighted by atomic mass is 19.1. The molecule has 6 rings (SSSR count). The van der Waals surface area contributed by atoms with Crippen LogP contribution >= 0.6 is 0 Å². The van der Waals surface area contributed by atoms with Gasteiger partial charge in [0.1, 0.15) is 17.3 Å². The Morgan fingerprint density at radius 1 is 1.32 bits per heavy atom. The Balaban J connectivity index is 1.64. The third-order valence-electron chi connectivity index (χ3n) is 6.12. The third kappa shape index (κ3) is 3.01. The largest absolute Gasteiger partial charge is 0.371 e. The normalized spacial score (nSPS) is 20.3. The highest BCUT2D eigenvalue weighted by Gasteiger charge is 2.40. The molecular weight excluding hydrogens is 397 g/mol. The van der Waals surface area contributed by atoms with E-state index in [0.29, 0.717) is 5.82 Å². The van der Waals surface area contributed by atoms with Gasteiger partial charge in [-0.1, -0.05) is 11.8 Å². The van der Waals surface area contributed by atoms with Crippen molar-refractivity contribution in [3.8, 4) is 23.2 Å². The first-order valence-corrected chi connectivity index (χ1v) is 10.0. The van der Waals surface area contributed by atoms with E-state index >= 15 is 0 Å². The summed E-state index contributed by atoms with van der Waals surface area (Å²) in [6.45, 7) is 3.29. The molecule has 156 valence electrons. The molecular formula is C23H20FN5O2. The molecule has 1 saturated carbocycles. The predicted octanol–water partition coefficient (Wildman–Crippen LogP) is 2.58. The van der Waals surface area contributed by atoms with Crippen molar-refractivity contribution in [2.45, 2.75) is 44.2 Å². The summed E-state index contributed by atoms with van der Waals surface area (Å²) >= 11 is 0. The zero-order valence-electron chi connectivity index (χ0n) is 17.1. The number of aliphatic hydroxyl groups is 1. The van der Waals surface area contributed by atoms with Crippen molar-refractivity contribution >= 4 is 5.91 Å². The fourth-order valence-electron chi connectivity index (χ4n) is 4.45. The number of hydrogen-bond acceptors (Lipinski definition) is 5. The van der Waals surface area contributed by atoms with Crippen LogP contribution in [0.1, 0.15) is 64.9 Å². The van der Waals surface area contributed by atoms with Crippen molar-refractivity contribution in [3.05, 3.63) is 64.7 Å². The maximum Gasteiger partial charge on any atom is 0.269 e. The van der Waals surface area contributed by atoms with Crippen molar-refractivity contribution in [1.29, 1.82) is 0 Å². The van der Waals surface area contributed by atoms with Gasteiger partial charge < -0.3 is 15.4 Å². The Kier molecular flexibility index (Phi) is 4.21. The number of halogens is 1. The molecule has 1 fully saturated rings. The minimum absolute atomic E-state index is 0.127. The number of aromatic nitrogens is 4. The lowest BCUT2D eigenvalue weighted by Crippen LogP contribution is -2.24. The number of amides is 1. The first-order valence-electron chi connectivity index (χ1n) is 10.0. The van der Waals surface area contributed by atoms with Crippen LogP contribution in [0.3, 0.4) is 0 Å². The lowest BCUT2D eigenvalue weighted by Gasteiger charge is -2.35. The van der Waals surface area contributed by atoms with E-state index in [4.69, 9.17) is 5.73 Å². The van der Waals surface area contributed by atoms with Crippen LogP contribution in [0.15, 0.2) is 30.6 Å². The zero-order chi connectivity index (χ0) is 21.9. The molecule has 0 saturated heterocycles. The van der Waals surface area contributed by atoms with Gasteiger partial charge >= 0.3 is 0 Å². The van der Waals surface area contributed by atoms with Crippen LogP contribution in [0.5, 0.6) is 0 Å². The maximum absolute atomic E-state index is 15.0. The van der Waals surface area contributed by atoms with E-state index in [9.17, 15) is 14.3 Å². The second-order valence-electron chi connectivity index (χ2n) is 8.24. The van der Waals surface area contributed by atoms with Gasteiger partial charge in [0.2, 0.25) is 0 Å². The number of hydrogen-bond donors (Lipinski definition) is 2. The minimum Gasteiger partial charge on any atom is -0.371 e. The van der Waals surface area contributed by atoms with E-state index in [1.165, 1.54) is 25.4 Å². The molecule has 7 nitrogen and oxygen atoms in total. The summed E-state index contributed by atoms with van der Waals surface area (Å²) in [5, 5.41) is 10.6. The SMILES string of the molecule is Cc1c(C(N)=O)nc2n1C1CC(C1)c1cc(F)c(C#C[C@@](C)(O)c3ncccn3)cc1-2. The van der Waals surface area contributed by atoms with Gasteiger partial charge in [-0.25, -0.2) is 19.3 Å². The number of benzene rings is 1. The maximum atomic E-state index is 15.0. The van der Waals surface area contributed by atoms with Gasteiger partial charge in [0, 0.05) is 29.7 Å². The first-order chi connectivity index (χ1) is 14.8. The van der Waals surface area contributed by atoms with Gasteiger partial charge in [-0.05, 0) is 56.4 Å². The van der Waals surface area contributed by atoms with Crippen LogP contribution in [0.25, 0.3) is 11.4 Å². The lowest BCUT2D eigenvalue weighted by molar-refractivity contribution is 0.0994. The van der Waals surface area contributed by atoms with Gasteiger partial charge in [0.05, 0.1) is 5.56 Å². The molecule has 1 aromatic carbocycles. The van der Waals surface area contributed by atoms with Crippen LogP contribution in [-0.2, 0) is 5.60 Å². The molecule has 1 aliphatic carbocycles. The zero-order valence-corrected chi connectivity index (χ0v) is 17.1. The van der Waals surface area contributed by atoms with E-state index in [1.807, 2.05) is 11.5 Å². The van der Waals surface area contributed by atoms with E-state index in [1.54, 1.807) is 12.1 Å². The number of nitrogens with zero attached hydrogens (tertiary/aromatic N) is 4. The second kappa shape index (κ2) is 6.72. The molecule has 2 bridgehead atoms. The Hall–Kier alpha value is -3.57. The molecule has 0 spiro atoms. The summed E-state index contributed by atoms with van der Waals surface area (Å²) in [7, 11) is 0. The molecule has 2 aromatic heterocycles. The van der Waals surface area contributed by atoms with Crippen LogP contribution < -0.4 is 5.73 Å². The standard InChI is InChI=1S/C23H20FN5O2/c1-12-19(20(25)30)28-21-17-10-13(4-5-23(2,31)22-26-6-3-7-27-22)18(24)11-16(17)14-8-15(9-14)29(12)21/h3,6-7,10-11,14-15,31H,8-9H2,1-2H3,(H2,25,30)/t14?,15?,23-/m1/s1. The summed E-state index contributed by atoms with van der Waals surface area (Å²) in [4.78, 5) is 24.4. The fourth-order valence-corrected chi connectivity index (χ4v) is 4.45. The molecule has 8 heteroatoms. The van der Waals surface area contributed by atoms with E-state index in [0.717, 1.165) is 29.7 Å². The second-order valence-corrected chi connectivity index (χ2v) is 8.24. The molecule has 0 unspecified atom stereocenters. The Bertz CT molecular complexity index is 1280. The topological polar surface area (TPSA) is 107 Å². The molecule has 2 aliphatic heterocycles. The molecule has 0 radical (unpaired) electrons. The smallest absolute Gasteiger partial charge is 0.269 e. The summed E-state index contributed by atoms with van der Waals surface area (Å²) in [6, 6.07) is 4.98. The van der Waals surface area contributed by atoms with Crippen LogP contribution in [0.2, 0.25) is 0 Å². The molecule has 3 aromatic rings. The Labute approximate surface area is 178 Å². The van der Waals surface area contributed by atoms with Crippen molar-refractivity contribution in [1.82, 2.24) is 19.5 Å². The first kappa shape index (κ1) is 19.4. The van der Waals surface area contributed by atoms with Crippen molar-refractivity contribution < 1.29 is 14.3 Å². The molecule has 1 amide bonds. The van der Waals surface area contributed by atoms with Gasteiger partial charge in [-0.15, -0.1) is 0 Å². The lowest BCUT2D eigenvalue weighted by atomic mass is 9.75. The van der Waals surface area contributed by atoms with E-state index < -0.39 is 17.3 Å². The fraction of sp³-hybridized carbons (Fsp3) is 0.304.